The molecule has 1 saturated heterocycles. The summed E-state index contributed by atoms with van der Waals surface area (Å²) in [7, 11) is 0. The summed E-state index contributed by atoms with van der Waals surface area (Å²) in [4.78, 5) is 26.2. The van der Waals surface area contributed by atoms with Gasteiger partial charge in [0, 0.05) is 30.3 Å². The smallest absolute Gasteiger partial charge is 0.308 e. The SMILES string of the molecule is O=C(O)[C@H]1CN(C(=O)c2n[nH]c3c2CCCC3)C[C@@H]1c1ccc(F)cc1. The van der Waals surface area contributed by atoms with E-state index in [1.807, 2.05) is 0 Å². The highest BCUT2D eigenvalue weighted by atomic mass is 19.1. The largest absolute Gasteiger partial charge is 0.481 e. The van der Waals surface area contributed by atoms with E-state index < -0.39 is 11.9 Å². The fraction of sp³-hybridized carbons (Fsp3) is 0.421. The molecule has 2 N–H and O–H groups in total. The van der Waals surface area contributed by atoms with Crippen LogP contribution in [0.1, 0.15) is 46.1 Å². The number of benzene rings is 1. The summed E-state index contributed by atoms with van der Waals surface area (Å²) in [5, 5.41) is 16.8. The van der Waals surface area contributed by atoms with Crippen LogP contribution in [0.5, 0.6) is 0 Å². The van der Waals surface area contributed by atoms with Crippen LogP contribution in [0.25, 0.3) is 0 Å². The van der Waals surface area contributed by atoms with Crippen molar-refractivity contribution in [2.24, 2.45) is 5.92 Å². The molecule has 1 fully saturated rings. The Balaban J connectivity index is 1.60. The lowest BCUT2D eigenvalue weighted by molar-refractivity contribution is -0.141. The topological polar surface area (TPSA) is 86.3 Å². The number of hydrogen-bond donors (Lipinski definition) is 2. The standard InChI is InChI=1S/C19H20FN3O3/c20-12-7-5-11(6-8-12)14-9-23(10-15(14)19(25)26)18(24)17-13-3-1-2-4-16(13)21-22-17/h5-8,14-15H,1-4,9-10H2,(H,21,22)(H,25,26)/t14-,15+/m1/s1. The molecular formula is C19H20FN3O3. The number of aromatic amines is 1. The molecule has 2 heterocycles. The first-order valence-electron chi connectivity index (χ1n) is 8.88. The van der Waals surface area contributed by atoms with E-state index in [0.29, 0.717) is 12.2 Å². The van der Waals surface area contributed by atoms with Gasteiger partial charge in [0.15, 0.2) is 5.69 Å². The van der Waals surface area contributed by atoms with Gasteiger partial charge in [0.05, 0.1) is 5.92 Å². The van der Waals surface area contributed by atoms with Crippen LogP contribution in [0.2, 0.25) is 0 Å². The second-order valence-electron chi connectivity index (χ2n) is 7.05. The molecule has 0 saturated carbocycles. The number of hydrogen-bond acceptors (Lipinski definition) is 3. The number of H-pyrrole nitrogens is 1. The number of aryl methyl sites for hydroxylation is 1. The van der Waals surface area contributed by atoms with Gasteiger partial charge in [-0.2, -0.15) is 5.10 Å². The van der Waals surface area contributed by atoms with Gasteiger partial charge in [0.2, 0.25) is 0 Å². The number of rotatable bonds is 3. The van der Waals surface area contributed by atoms with Crippen LogP contribution < -0.4 is 0 Å². The summed E-state index contributed by atoms with van der Waals surface area (Å²) in [5.41, 5.74) is 3.14. The van der Waals surface area contributed by atoms with Crippen molar-refractivity contribution in [3.05, 3.63) is 52.6 Å². The number of carbonyl (C=O) groups excluding carboxylic acids is 1. The Labute approximate surface area is 150 Å². The fourth-order valence-corrected chi connectivity index (χ4v) is 4.08. The number of aromatic nitrogens is 2. The van der Waals surface area contributed by atoms with Gasteiger partial charge < -0.3 is 10.0 Å². The Morgan fingerprint density at radius 1 is 1.15 bits per heavy atom. The van der Waals surface area contributed by atoms with Crippen LogP contribution in [-0.2, 0) is 17.6 Å². The highest BCUT2D eigenvalue weighted by molar-refractivity contribution is 5.95. The van der Waals surface area contributed by atoms with Crippen LogP contribution in [0.4, 0.5) is 4.39 Å². The summed E-state index contributed by atoms with van der Waals surface area (Å²) < 4.78 is 13.2. The number of aliphatic carboxylic acids is 1. The molecule has 0 unspecified atom stereocenters. The molecule has 1 aliphatic carbocycles. The molecule has 1 aromatic heterocycles. The predicted molar refractivity (Wildman–Crippen MR) is 91.4 cm³/mol. The van der Waals surface area contributed by atoms with Crippen molar-refractivity contribution in [2.45, 2.75) is 31.6 Å². The maximum Gasteiger partial charge on any atom is 0.308 e. The minimum Gasteiger partial charge on any atom is -0.481 e. The zero-order valence-corrected chi connectivity index (χ0v) is 14.2. The third-order valence-electron chi connectivity index (χ3n) is 5.48. The highest BCUT2D eigenvalue weighted by Crippen LogP contribution is 2.34. The molecule has 0 bridgehead atoms. The number of nitrogens with one attached hydrogen (secondary N) is 1. The van der Waals surface area contributed by atoms with Gasteiger partial charge >= 0.3 is 5.97 Å². The Morgan fingerprint density at radius 3 is 2.62 bits per heavy atom. The van der Waals surface area contributed by atoms with Crippen molar-refractivity contribution in [1.29, 1.82) is 0 Å². The molecule has 0 spiro atoms. The second kappa shape index (κ2) is 6.55. The maximum atomic E-state index is 13.2. The number of amides is 1. The van der Waals surface area contributed by atoms with Crippen molar-refractivity contribution in [3.8, 4) is 0 Å². The van der Waals surface area contributed by atoms with E-state index in [2.05, 4.69) is 10.2 Å². The van der Waals surface area contributed by atoms with Crippen LogP contribution in [0.3, 0.4) is 0 Å². The lowest BCUT2D eigenvalue weighted by Gasteiger charge is -2.17. The van der Waals surface area contributed by atoms with Gasteiger partial charge in [-0.05, 0) is 43.4 Å². The third-order valence-corrected chi connectivity index (χ3v) is 5.48. The average Bonchev–Trinajstić information content (AvgIpc) is 3.26. The Bertz CT molecular complexity index is 846. The number of likely N-dealkylation sites (tertiary alicyclic amines) is 1. The van der Waals surface area contributed by atoms with Crippen LogP contribution in [0, 0.1) is 11.7 Å². The van der Waals surface area contributed by atoms with E-state index in [0.717, 1.165) is 42.5 Å². The molecule has 2 aliphatic rings. The Kier molecular flexibility index (Phi) is 4.22. The number of carboxylic acid groups (broad SMARTS) is 1. The zero-order valence-electron chi connectivity index (χ0n) is 14.2. The van der Waals surface area contributed by atoms with Crippen molar-refractivity contribution in [1.82, 2.24) is 15.1 Å². The van der Waals surface area contributed by atoms with Crippen molar-refractivity contribution >= 4 is 11.9 Å². The summed E-state index contributed by atoms with van der Waals surface area (Å²) in [6, 6.07) is 5.84. The average molecular weight is 357 g/mol. The molecule has 6 nitrogen and oxygen atoms in total. The van der Waals surface area contributed by atoms with Gasteiger partial charge in [0.1, 0.15) is 5.82 Å². The van der Waals surface area contributed by atoms with E-state index >= 15 is 0 Å². The lowest BCUT2D eigenvalue weighted by atomic mass is 9.89. The van der Waals surface area contributed by atoms with Gasteiger partial charge in [-0.3, -0.25) is 14.7 Å². The number of carboxylic acids is 1. The van der Waals surface area contributed by atoms with E-state index in [4.69, 9.17) is 0 Å². The zero-order chi connectivity index (χ0) is 18.3. The van der Waals surface area contributed by atoms with Gasteiger partial charge in [0.25, 0.3) is 5.91 Å². The van der Waals surface area contributed by atoms with E-state index in [1.165, 1.54) is 12.1 Å². The molecule has 136 valence electrons. The Hall–Kier alpha value is -2.70. The summed E-state index contributed by atoms with van der Waals surface area (Å²) in [6.45, 7) is 0.431. The van der Waals surface area contributed by atoms with E-state index in [1.54, 1.807) is 17.0 Å². The summed E-state index contributed by atoms with van der Waals surface area (Å²) in [6.07, 6.45) is 3.83. The fourth-order valence-electron chi connectivity index (χ4n) is 4.08. The van der Waals surface area contributed by atoms with Crippen molar-refractivity contribution < 1.29 is 19.1 Å². The first kappa shape index (κ1) is 16.8. The quantitative estimate of drug-likeness (QED) is 0.883. The highest BCUT2D eigenvalue weighted by Gasteiger charge is 2.41. The molecule has 2 aromatic rings. The number of nitrogens with zero attached hydrogens (tertiary/aromatic N) is 2. The summed E-state index contributed by atoms with van der Waals surface area (Å²) >= 11 is 0. The molecule has 1 aliphatic heterocycles. The molecule has 26 heavy (non-hydrogen) atoms. The van der Waals surface area contributed by atoms with E-state index in [-0.39, 0.29) is 24.2 Å². The second-order valence-corrected chi connectivity index (χ2v) is 7.05. The lowest BCUT2D eigenvalue weighted by Crippen LogP contribution is -2.31. The van der Waals surface area contributed by atoms with Crippen molar-refractivity contribution in [2.75, 3.05) is 13.1 Å². The van der Waals surface area contributed by atoms with Crippen LogP contribution >= 0.6 is 0 Å². The maximum absolute atomic E-state index is 13.2. The molecule has 4 rings (SSSR count). The minimum absolute atomic E-state index is 0.137. The molecule has 7 heteroatoms. The number of carbonyl (C=O) groups is 2. The van der Waals surface area contributed by atoms with Crippen LogP contribution in [0.15, 0.2) is 24.3 Å². The van der Waals surface area contributed by atoms with Gasteiger partial charge in [-0.1, -0.05) is 12.1 Å². The van der Waals surface area contributed by atoms with Crippen LogP contribution in [-0.4, -0.2) is 45.2 Å². The molecular weight excluding hydrogens is 337 g/mol. The third kappa shape index (κ3) is 2.87. The summed E-state index contributed by atoms with van der Waals surface area (Å²) in [5.74, 6) is -2.60. The number of fused-ring (bicyclic) bond motifs is 1. The number of halogens is 1. The Morgan fingerprint density at radius 2 is 1.88 bits per heavy atom. The molecule has 2 atom stereocenters. The first-order valence-corrected chi connectivity index (χ1v) is 8.88. The molecule has 1 aromatic carbocycles. The normalized spacial score (nSPS) is 22.3. The monoisotopic (exact) mass is 357 g/mol. The van der Waals surface area contributed by atoms with Gasteiger partial charge in [-0.15, -0.1) is 0 Å². The van der Waals surface area contributed by atoms with Crippen molar-refractivity contribution in [3.63, 3.8) is 0 Å². The molecule has 0 radical (unpaired) electrons. The predicted octanol–water partition coefficient (Wildman–Crippen LogP) is 2.37. The first-order chi connectivity index (χ1) is 12.5. The van der Waals surface area contributed by atoms with Gasteiger partial charge in [-0.25, -0.2) is 4.39 Å². The molecule has 1 amide bonds. The van der Waals surface area contributed by atoms with E-state index in [9.17, 15) is 19.1 Å². The minimum atomic E-state index is -0.946.